The summed E-state index contributed by atoms with van der Waals surface area (Å²) < 4.78 is 11.2. The van der Waals surface area contributed by atoms with Gasteiger partial charge in [0.05, 0.1) is 12.6 Å². The number of aromatic nitrogens is 1. The first-order valence-corrected chi connectivity index (χ1v) is 6.70. The van der Waals surface area contributed by atoms with Crippen LogP contribution in [0.15, 0.2) is 22.9 Å². The molecule has 0 aromatic carbocycles. The van der Waals surface area contributed by atoms with Crippen LogP contribution in [0.3, 0.4) is 0 Å². The predicted molar refractivity (Wildman–Crippen MR) is 75.9 cm³/mol. The number of amides is 1. The summed E-state index contributed by atoms with van der Waals surface area (Å²) in [4.78, 5) is 15.9. The summed E-state index contributed by atoms with van der Waals surface area (Å²) in [6.45, 7) is 5.80. The van der Waals surface area contributed by atoms with E-state index in [4.69, 9.17) is 9.47 Å². The molecule has 1 atom stereocenters. The van der Waals surface area contributed by atoms with Gasteiger partial charge in [-0.15, -0.1) is 0 Å². The summed E-state index contributed by atoms with van der Waals surface area (Å²) >= 11 is 3.35. The van der Waals surface area contributed by atoms with Crippen LogP contribution >= 0.6 is 15.9 Å². The minimum atomic E-state index is -0.531. The standard InChI is InChI=1S/C13H19BrN2O3/c1-13(2,3)19-12(17)16-11(8-18-4)9-5-10(14)7-15-6-9/h5-7,11H,8H2,1-4H3,(H,16,17). The van der Waals surface area contributed by atoms with Crippen molar-refractivity contribution in [3.05, 3.63) is 28.5 Å². The molecule has 0 saturated heterocycles. The first-order valence-electron chi connectivity index (χ1n) is 5.90. The van der Waals surface area contributed by atoms with Crippen LogP contribution < -0.4 is 5.32 Å². The van der Waals surface area contributed by atoms with Crippen LogP contribution in [-0.4, -0.2) is 30.4 Å². The van der Waals surface area contributed by atoms with Crippen molar-refractivity contribution >= 4 is 22.0 Å². The number of nitrogens with one attached hydrogen (secondary N) is 1. The first-order chi connectivity index (χ1) is 8.81. The maximum absolute atomic E-state index is 11.8. The second kappa shape index (κ2) is 6.86. The number of carbonyl (C=O) groups excluding carboxylic acids is 1. The molecule has 5 nitrogen and oxygen atoms in total. The van der Waals surface area contributed by atoms with E-state index in [1.165, 1.54) is 0 Å². The van der Waals surface area contributed by atoms with Gasteiger partial charge in [0.1, 0.15) is 5.60 Å². The molecule has 1 aromatic rings. The molecule has 19 heavy (non-hydrogen) atoms. The van der Waals surface area contributed by atoms with E-state index in [1.54, 1.807) is 19.5 Å². The van der Waals surface area contributed by atoms with Gasteiger partial charge < -0.3 is 14.8 Å². The molecule has 0 aliphatic heterocycles. The van der Waals surface area contributed by atoms with Crippen molar-refractivity contribution in [2.75, 3.05) is 13.7 Å². The van der Waals surface area contributed by atoms with Crippen molar-refractivity contribution in [1.29, 1.82) is 0 Å². The van der Waals surface area contributed by atoms with Crippen LogP contribution in [0.1, 0.15) is 32.4 Å². The fourth-order valence-electron chi connectivity index (χ4n) is 1.46. The number of halogens is 1. The van der Waals surface area contributed by atoms with Gasteiger partial charge in [0, 0.05) is 24.0 Å². The SMILES string of the molecule is COCC(NC(=O)OC(C)(C)C)c1cncc(Br)c1. The summed E-state index contributed by atoms with van der Waals surface area (Å²) in [5, 5.41) is 2.77. The number of rotatable bonds is 4. The molecule has 6 heteroatoms. The van der Waals surface area contributed by atoms with Crippen molar-refractivity contribution in [2.24, 2.45) is 0 Å². The van der Waals surface area contributed by atoms with Gasteiger partial charge in [-0.1, -0.05) is 0 Å². The Hall–Kier alpha value is -1.14. The van der Waals surface area contributed by atoms with Crippen LogP contribution in [-0.2, 0) is 9.47 Å². The second-order valence-corrected chi connectivity index (χ2v) is 6.01. The van der Waals surface area contributed by atoms with Gasteiger partial charge in [0.25, 0.3) is 0 Å². The molecule has 0 aliphatic carbocycles. The summed E-state index contributed by atoms with van der Waals surface area (Å²) in [6, 6.07) is 1.58. The lowest BCUT2D eigenvalue weighted by molar-refractivity contribution is 0.0467. The van der Waals surface area contributed by atoms with Crippen LogP contribution in [0, 0.1) is 0 Å². The zero-order chi connectivity index (χ0) is 14.5. The van der Waals surface area contributed by atoms with E-state index in [9.17, 15) is 4.79 Å². The van der Waals surface area contributed by atoms with E-state index >= 15 is 0 Å². The van der Waals surface area contributed by atoms with Crippen LogP contribution in [0.5, 0.6) is 0 Å². The minimum absolute atomic E-state index is 0.301. The Bertz CT molecular complexity index is 432. The molecule has 1 rings (SSSR count). The Morgan fingerprint density at radius 2 is 2.16 bits per heavy atom. The van der Waals surface area contributed by atoms with Crippen molar-refractivity contribution < 1.29 is 14.3 Å². The van der Waals surface area contributed by atoms with E-state index in [0.717, 1.165) is 10.0 Å². The zero-order valence-corrected chi connectivity index (χ0v) is 13.2. The molecule has 1 aromatic heterocycles. The molecule has 1 N–H and O–H groups in total. The highest BCUT2D eigenvalue weighted by Gasteiger charge is 2.20. The van der Waals surface area contributed by atoms with Crippen molar-refractivity contribution in [1.82, 2.24) is 10.3 Å². The molecular weight excluding hydrogens is 312 g/mol. The summed E-state index contributed by atoms with van der Waals surface area (Å²) in [5.41, 5.74) is 0.319. The van der Waals surface area contributed by atoms with E-state index in [0.29, 0.717) is 6.61 Å². The highest BCUT2D eigenvalue weighted by Crippen LogP contribution is 2.18. The number of alkyl carbamates (subject to hydrolysis) is 1. The van der Waals surface area contributed by atoms with Gasteiger partial charge in [-0.05, 0) is 48.3 Å². The lowest BCUT2D eigenvalue weighted by atomic mass is 10.1. The van der Waals surface area contributed by atoms with Crippen LogP contribution in [0.2, 0.25) is 0 Å². The van der Waals surface area contributed by atoms with Gasteiger partial charge in [0.2, 0.25) is 0 Å². The molecule has 106 valence electrons. The number of pyridine rings is 1. The molecule has 0 bridgehead atoms. The number of ether oxygens (including phenoxy) is 2. The lowest BCUT2D eigenvalue weighted by Crippen LogP contribution is -2.36. The van der Waals surface area contributed by atoms with Gasteiger partial charge >= 0.3 is 6.09 Å². The molecule has 0 aliphatic rings. The van der Waals surface area contributed by atoms with Crippen molar-refractivity contribution in [3.63, 3.8) is 0 Å². The average molecular weight is 331 g/mol. The molecule has 0 radical (unpaired) electrons. The monoisotopic (exact) mass is 330 g/mol. The Morgan fingerprint density at radius 1 is 1.47 bits per heavy atom. The summed E-state index contributed by atoms with van der Waals surface area (Å²) in [7, 11) is 1.58. The van der Waals surface area contributed by atoms with Crippen molar-refractivity contribution in [3.8, 4) is 0 Å². The highest BCUT2D eigenvalue weighted by molar-refractivity contribution is 9.10. The third-order valence-corrected chi connectivity index (χ3v) is 2.59. The molecule has 1 amide bonds. The lowest BCUT2D eigenvalue weighted by Gasteiger charge is -2.23. The fraction of sp³-hybridized carbons (Fsp3) is 0.538. The highest BCUT2D eigenvalue weighted by atomic mass is 79.9. The summed E-state index contributed by atoms with van der Waals surface area (Å²) in [6.07, 6.45) is 2.89. The Labute approximate surface area is 121 Å². The topological polar surface area (TPSA) is 60.5 Å². The molecular formula is C13H19BrN2O3. The molecule has 0 saturated carbocycles. The second-order valence-electron chi connectivity index (χ2n) is 5.09. The number of methoxy groups -OCH3 is 1. The predicted octanol–water partition coefficient (Wildman–Crippen LogP) is 3.06. The fourth-order valence-corrected chi connectivity index (χ4v) is 1.84. The van der Waals surface area contributed by atoms with E-state index in [2.05, 4.69) is 26.2 Å². The van der Waals surface area contributed by atoms with E-state index in [-0.39, 0.29) is 6.04 Å². The largest absolute Gasteiger partial charge is 0.444 e. The Kier molecular flexibility index (Phi) is 5.75. The normalized spacial score (nSPS) is 12.9. The molecule has 1 heterocycles. The molecule has 0 fully saturated rings. The van der Waals surface area contributed by atoms with Gasteiger partial charge in [-0.3, -0.25) is 4.98 Å². The van der Waals surface area contributed by atoms with E-state index < -0.39 is 11.7 Å². The number of carbonyl (C=O) groups is 1. The number of hydrogen-bond acceptors (Lipinski definition) is 4. The van der Waals surface area contributed by atoms with Gasteiger partial charge in [-0.25, -0.2) is 4.79 Å². The summed E-state index contributed by atoms with van der Waals surface area (Å²) in [5.74, 6) is 0. The van der Waals surface area contributed by atoms with Crippen LogP contribution in [0.4, 0.5) is 4.79 Å². The molecule has 1 unspecified atom stereocenters. The number of hydrogen-bond donors (Lipinski definition) is 1. The van der Waals surface area contributed by atoms with Gasteiger partial charge in [0.15, 0.2) is 0 Å². The first kappa shape index (κ1) is 15.9. The maximum atomic E-state index is 11.8. The third-order valence-electron chi connectivity index (χ3n) is 2.15. The van der Waals surface area contributed by atoms with Crippen LogP contribution in [0.25, 0.3) is 0 Å². The molecule has 0 spiro atoms. The number of nitrogens with zero attached hydrogens (tertiary/aromatic N) is 1. The van der Waals surface area contributed by atoms with Gasteiger partial charge in [-0.2, -0.15) is 0 Å². The quantitative estimate of drug-likeness (QED) is 0.921. The minimum Gasteiger partial charge on any atom is -0.444 e. The third kappa shape index (κ3) is 6.02. The van der Waals surface area contributed by atoms with E-state index in [1.807, 2.05) is 26.8 Å². The Balaban J connectivity index is 2.76. The zero-order valence-electron chi connectivity index (χ0n) is 11.6. The average Bonchev–Trinajstić information content (AvgIpc) is 2.26. The Morgan fingerprint density at radius 3 is 2.68 bits per heavy atom. The maximum Gasteiger partial charge on any atom is 0.408 e. The van der Waals surface area contributed by atoms with Crippen molar-refractivity contribution in [2.45, 2.75) is 32.4 Å². The smallest absolute Gasteiger partial charge is 0.408 e.